The Kier molecular flexibility index (Phi) is 53.3. The molecular weight excluding hydrogens is 252 g/mol. The van der Waals surface area contributed by atoms with E-state index >= 15 is 0 Å². The summed E-state index contributed by atoms with van der Waals surface area (Å²) in [7, 11) is -5.17. The molecule has 0 aromatic rings. The zero-order valence-corrected chi connectivity index (χ0v) is 10.6. The Balaban J connectivity index is -0.0000000146. The van der Waals surface area contributed by atoms with E-state index in [4.69, 9.17) is 32.5 Å². The number of hydrogen-bond donors (Lipinski definition) is 0. The molecule has 0 aromatic heterocycles. The zero-order valence-electron chi connectivity index (χ0n) is 6.18. The molecule has 0 aromatic carbocycles. The van der Waals surface area contributed by atoms with E-state index in [1.54, 1.807) is 0 Å². The van der Waals surface area contributed by atoms with Gasteiger partial charge in [-0.1, -0.05) is 0 Å². The topological polar surface area (TPSA) is 206 Å². The first-order chi connectivity index (χ1) is 3.73. The van der Waals surface area contributed by atoms with Gasteiger partial charge in [0.15, 0.2) is 0 Å². The Morgan fingerprint density at radius 2 is 1.00 bits per heavy atom. The molecule has 0 aliphatic carbocycles. The van der Waals surface area contributed by atoms with Crippen LogP contribution in [0, 0.1) is 0 Å². The summed E-state index contributed by atoms with van der Waals surface area (Å²) in [6, 6.07) is 0. The summed E-state index contributed by atoms with van der Waals surface area (Å²) in [5.41, 5.74) is 0. The van der Waals surface area contributed by atoms with E-state index in [-0.39, 0.29) is 71.7 Å². The molecule has 72 valence electrons. The van der Waals surface area contributed by atoms with Crippen molar-refractivity contribution in [3.05, 3.63) is 0 Å². The van der Waals surface area contributed by atoms with E-state index in [0.717, 1.165) is 0 Å². The second kappa shape index (κ2) is 18.8. The Hall–Kier alpha value is 1.09. The number of rotatable bonds is 0. The van der Waals surface area contributed by atoms with Crippen LogP contribution < -0.4 is 10.2 Å². The maximum Gasteiger partial charge on any atom is 2.00 e. The number of carboxylic acid groups (broad SMARTS) is 2. The van der Waals surface area contributed by atoms with Crippen molar-refractivity contribution in [1.82, 2.24) is 0 Å². The quantitative estimate of drug-likeness (QED) is 0.232. The minimum Gasteiger partial charge on any atom is -0.759 e. The van der Waals surface area contributed by atoms with Crippen LogP contribution >= 0.6 is 0 Å². The maximum absolute atomic E-state index is 8.52. The summed E-state index contributed by atoms with van der Waals surface area (Å²) >= 11 is 0. The van der Waals surface area contributed by atoms with Gasteiger partial charge in [-0.2, -0.15) is 0 Å². The Bertz CT molecular complexity index is 162. The molecule has 0 unspecified atom stereocenters. The molecule has 13 heavy (non-hydrogen) atoms. The second-order valence-corrected chi connectivity index (χ2v) is 1.47. The van der Waals surface area contributed by atoms with E-state index in [9.17, 15) is 0 Å². The summed E-state index contributed by atoms with van der Waals surface area (Å²) in [4.78, 5) is 8.33. The molecule has 0 aliphatic heterocycles. The summed E-state index contributed by atoms with van der Waals surface area (Å²) in [6.07, 6.45) is -2.33. The third kappa shape index (κ3) is 1360. The largest absolute Gasteiger partial charge is 2.00 e. The minimum atomic E-state index is -5.17. The molecule has 0 heterocycles. The first-order valence-corrected chi connectivity index (χ1v) is 2.61. The van der Waals surface area contributed by atoms with Gasteiger partial charge in [-0.25, -0.2) is 0 Å². The van der Waals surface area contributed by atoms with Crippen LogP contribution in [0.3, 0.4) is 0 Å². The Morgan fingerprint density at radius 3 is 1.00 bits per heavy atom. The van der Waals surface area contributed by atoms with Crippen LogP contribution in [0.4, 0.5) is 4.79 Å². The first kappa shape index (κ1) is 36.9. The summed E-state index contributed by atoms with van der Waals surface area (Å²) in [5.74, 6) is 0. The molecule has 0 spiro atoms. The van der Waals surface area contributed by atoms with Crippen LogP contribution in [0.25, 0.3) is 0 Å². The fourth-order valence-electron chi connectivity index (χ4n) is 0. The van der Waals surface area contributed by atoms with Crippen LogP contribution in [0.1, 0.15) is 0 Å². The van der Waals surface area contributed by atoms with Gasteiger partial charge in [0.05, 0.1) is 0 Å². The van der Waals surface area contributed by atoms with Gasteiger partial charge in [0, 0.05) is 10.4 Å². The van der Waals surface area contributed by atoms with Crippen molar-refractivity contribution in [2.45, 2.75) is 0 Å². The third-order valence-corrected chi connectivity index (χ3v) is 0. The molecule has 0 atom stereocenters. The van der Waals surface area contributed by atoms with E-state index in [0.29, 0.717) is 0 Å². The van der Waals surface area contributed by atoms with Gasteiger partial charge in [-0.15, -0.1) is 0 Å². The van der Waals surface area contributed by atoms with Crippen LogP contribution in [-0.2, 0) is 10.4 Å². The van der Waals surface area contributed by atoms with Crippen molar-refractivity contribution in [3.63, 3.8) is 0 Å². The molecule has 0 saturated carbocycles. The Morgan fingerprint density at radius 1 is 1.00 bits per heavy atom. The van der Waals surface area contributed by atoms with Crippen molar-refractivity contribution in [2.75, 3.05) is 0 Å². The van der Waals surface area contributed by atoms with E-state index < -0.39 is 16.6 Å². The molecule has 0 bridgehead atoms. The predicted octanol–water partition coefficient (Wildman–Crippen LogP) is -6.20. The fraction of sp³-hybridized carbons (Fsp3) is 0. The summed E-state index contributed by atoms with van der Waals surface area (Å²) in [5, 5.41) is 16.7. The van der Waals surface area contributed by atoms with Gasteiger partial charge in [0.1, 0.15) is 0 Å². The van der Waals surface area contributed by atoms with Gasteiger partial charge < -0.3 is 35.1 Å². The van der Waals surface area contributed by atoms with Crippen LogP contribution in [0.15, 0.2) is 0 Å². The van der Waals surface area contributed by atoms with Crippen molar-refractivity contribution in [3.8, 4) is 0 Å². The predicted molar refractivity (Wildman–Crippen MR) is 34.6 cm³/mol. The number of carbonyl (C=O) groups is 1. The van der Waals surface area contributed by atoms with Gasteiger partial charge >= 0.3 is 60.8 Å². The summed E-state index contributed by atoms with van der Waals surface area (Å²) in [6.45, 7) is 0. The normalized spacial score (nSPS) is 6.31. The zero-order chi connectivity index (χ0) is 8.08. The molecule has 0 rings (SSSR count). The van der Waals surface area contributed by atoms with E-state index in [2.05, 4.69) is 0 Å². The molecule has 0 fully saturated rings. The van der Waals surface area contributed by atoms with Crippen molar-refractivity contribution in [1.29, 1.82) is 0 Å². The average Bonchev–Trinajstić information content (AvgIpc) is 1.19. The second-order valence-electron chi connectivity index (χ2n) is 0.658. The van der Waals surface area contributed by atoms with Crippen molar-refractivity contribution < 1.29 is 43.5 Å². The molecular formula is CH4CaMgO9S. The smallest absolute Gasteiger partial charge is 0.759 e. The number of hydrogen-bond acceptors (Lipinski definition) is 7. The maximum atomic E-state index is 8.52. The molecule has 0 aliphatic rings. The van der Waals surface area contributed by atoms with Gasteiger partial charge in [-0.3, -0.25) is 8.42 Å². The average molecular weight is 256 g/mol. The standard InChI is InChI=1S/CH2O3.Ca.Mg.H2O4S.2H2O/c2-1(3)4;;;1-5(2,3)4;;/h(H2,2,3,4);;;(H2,1,2,3,4);2*1H2/q;2*+2;;;/p-4. The van der Waals surface area contributed by atoms with Gasteiger partial charge in [0.25, 0.3) is 0 Å². The van der Waals surface area contributed by atoms with Crippen molar-refractivity contribution >= 4 is 77.3 Å². The SMILES string of the molecule is O.O.O=C([O-])[O-].O=S(=O)([O-])[O-].[Ca+2].[Mg+2]. The van der Waals surface area contributed by atoms with Crippen LogP contribution in [-0.4, -0.2) is 95.4 Å². The molecule has 0 radical (unpaired) electrons. The van der Waals surface area contributed by atoms with Crippen LogP contribution in [0.5, 0.6) is 0 Å². The van der Waals surface area contributed by atoms with Gasteiger partial charge in [0.2, 0.25) is 0 Å². The first-order valence-electron chi connectivity index (χ1n) is 1.28. The van der Waals surface area contributed by atoms with Crippen LogP contribution in [0.2, 0.25) is 0 Å². The third-order valence-electron chi connectivity index (χ3n) is 0. The number of carbonyl (C=O) groups excluding carboxylic acids is 1. The van der Waals surface area contributed by atoms with E-state index in [1.165, 1.54) is 0 Å². The van der Waals surface area contributed by atoms with E-state index in [1.807, 2.05) is 0 Å². The fourth-order valence-corrected chi connectivity index (χ4v) is 0. The Labute approximate surface area is 119 Å². The molecule has 4 N–H and O–H groups in total. The molecule has 0 amide bonds. The molecule has 0 saturated heterocycles. The molecule has 12 heteroatoms. The summed E-state index contributed by atoms with van der Waals surface area (Å²) < 4.78 is 34.1. The monoisotopic (exact) mass is 256 g/mol. The van der Waals surface area contributed by atoms with Crippen molar-refractivity contribution in [2.24, 2.45) is 0 Å². The van der Waals surface area contributed by atoms with Gasteiger partial charge in [-0.05, 0) is 6.16 Å². The minimum absolute atomic E-state index is 0. The molecule has 9 nitrogen and oxygen atoms in total.